The molecule has 0 amide bonds. The Labute approximate surface area is 76.2 Å². The van der Waals surface area contributed by atoms with Crippen LogP contribution in [-0.4, -0.2) is 22.2 Å². The molecule has 1 aromatic heterocycles. The number of carboxylic acid groups (broad SMARTS) is 1. The van der Waals surface area contributed by atoms with E-state index >= 15 is 0 Å². The summed E-state index contributed by atoms with van der Waals surface area (Å²) >= 11 is 0. The van der Waals surface area contributed by atoms with Crippen LogP contribution in [0.25, 0.3) is 0 Å². The number of fused-ring (bicyclic) bond motifs is 1. The fourth-order valence-corrected chi connectivity index (χ4v) is 1.79. The van der Waals surface area contributed by atoms with Crippen molar-refractivity contribution in [1.29, 1.82) is 0 Å². The fraction of sp³-hybridized carbons (Fsp3) is 0.444. The molecule has 0 aliphatic carbocycles. The molecule has 0 bridgehead atoms. The van der Waals surface area contributed by atoms with Crippen LogP contribution in [0.1, 0.15) is 21.7 Å². The van der Waals surface area contributed by atoms with E-state index in [2.05, 4.69) is 5.32 Å². The third-order valence-electron chi connectivity index (χ3n) is 2.53. The van der Waals surface area contributed by atoms with Gasteiger partial charge in [0, 0.05) is 19.3 Å². The van der Waals surface area contributed by atoms with Crippen LogP contribution in [0.3, 0.4) is 0 Å². The highest BCUT2D eigenvalue weighted by molar-refractivity contribution is 5.86. The minimum Gasteiger partial charge on any atom is -0.477 e. The van der Waals surface area contributed by atoms with E-state index in [-0.39, 0.29) is 0 Å². The zero-order valence-corrected chi connectivity index (χ0v) is 7.50. The smallest absolute Gasteiger partial charge is 0.352 e. The predicted molar refractivity (Wildman–Crippen MR) is 47.8 cm³/mol. The number of nitrogens with zero attached hydrogens (tertiary/aromatic N) is 1. The second kappa shape index (κ2) is 2.88. The summed E-state index contributed by atoms with van der Waals surface area (Å²) in [6, 6.07) is 1.78. The summed E-state index contributed by atoms with van der Waals surface area (Å²) in [5.41, 5.74) is 2.65. The van der Waals surface area contributed by atoms with E-state index in [0.29, 0.717) is 5.69 Å². The topological polar surface area (TPSA) is 54.3 Å². The first-order valence-corrected chi connectivity index (χ1v) is 4.31. The molecule has 0 saturated heterocycles. The number of hydrogen-bond donors (Lipinski definition) is 2. The van der Waals surface area contributed by atoms with Crippen molar-refractivity contribution in [2.75, 3.05) is 6.54 Å². The van der Waals surface area contributed by atoms with E-state index in [9.17, 15) is 4.79 Å². The largest absolute Gasteiger partial charge is 0.477 e. The SMILES string of the molecule is Cn1c(C(=O)O)cc2c1CNCC2. The first-order chi connectivity index (χ1) is 6.20. The first kappa shape index (κ1) is 8.31. The molecule has 4 heteroatoms. The highest BCUT2D eigenvalue weighted by atomic mass is 16.4. The maximum atomic E-state index is 10.8. The van der Waals surface area contributed by atoms with Crippen LogP contribution in [0.4, 0.5) is 0 Å². The molecule has 0 radical (unpaired) electrons. The average molecular weight is 180 g/mol. The molecule has 0 fully saturated rings. The van der Waals surface area contributed by atoms with Crippen LogP contribution in [-0.2, 0) is 20.0 Å². The fourth-order valence-electron chi connectivity index (χ4n) is 1.79. The first-order valence-electron chi connectivity index (χ1n) is 4.31. The van der Waals surface area contributed by atoms with Gasteiger partial charge in [-0.25, -0.2) is 4.79 Å². The zero-order chi connectivity index (χ0) is 9.42. The van der Waals surface area contributed by atoms with E-state index in [0.717, 1.165) is 25.2 Å². The monoisotopic (exact) mass is 180 g/mol. The van der Waals surface area contributed by atoms with Crippen molar-refractivity contribution < 1.29 is 9.90 Å². The van der Waals surface area contributed by atoms with Crippen molar-refractivity contribution in [3.8, 4) is 0 Å². The molecule has 4 nitrogen and oxygen atoms in total. The molecule has 0 saturated carbocycles. The summed E-state index contributed by atoms with van der Waals surface area (Å²) in [6.07, 6.45) is 0.927. The van der Waals surface area contributed by atoms with Crippen molar-refractivity contribution in [3.63, 3.8) is 0 Å². The molecule has 70 valence electrons. The predicted octanol–water partition coefficient (Wildman–Crippen LogP) is 0.369. The Morgan fingerprint density at radius 2 is 2.46 bits per heavy atom. The van der Waals surface area contributed by atoms with Gasteiger partial charge >= 0.3 is 5.97 Å². The number of nitrogens with one attached hydrogen (secondary N) is 1. The molecule has 0 atom stereocenters. The molecule has 2 rings (SSSR count). The molecule has 2 heterocycles. The molecule has 13 heavy (non-hydrogen) atoms. The Hall–Kier alpha value is -1.29. The number of carboxylic acids is 1. The van der Waals surface area contributed by atoms with Crippen LogP contribution in [0.5, 0.6) is 0 Å². The number of carbonyl (C=O) groups is 1. The van der Waals surface area contributed by atoms with Crippen molar-refractivity contribution in [2.45, 2.75) is 13.0 Å². The van der Waals surface area contributed by atoms with E-state index in [1.807, 2.05) is 0 Å². The molecule has 1 aromatic rings. The van der Waals surface area contributed by atoms with Gasteiger partial charge in [0.1, 0.15) is 5.69 Å². The van der Waals surface area contributed by atoms with Crippen LogP contribution in [0, 0.1) is 0 Å². The van der Waals surface area contributed by atoms with E-state index in [4.69, 9.17) is 5.11 Å². The van der Waals surface area contributed by atoms with Gasteiger partial charge in [0.15, 0.2) is 0 Å². The lowest BCUT2D eigenvalue weighted by atomic mass is 10.1. The van der Waals surface area contributed by atoms with Crippen molar-refractivity contribution in [3.05, 3.63) is 23.0 Å². The van der Waals surface area contributed by atoms with E-state index < -0.39 is 5.97 Å². The zero-order valence-electron chi connectivity index (χ0n) is 7.50. The summed E-state index contributed by atoms with van der Waals surface area (Å²) in [6.45, 7) is 1.72. The lowest BCUT2D eigenvalue weighted by Crippen LogP contribution is -2.24. The van der Waals surface area contributed by atoms with Crippen molar-refractivity contribution >= 4 is 5.97 Å². The lowest BCUT2D eigenvalue weighted by Gasteiger charge is -2.14. The van der Waals surface area contributed by atoms with Gasteiger partial charge < -0.3 is 15.0 Å². The summed E-state index contributed by atoms with van der Waals surface area (Å²) in [5.74, 6) is -0.850. The van der Waals surface area contributed by atoms with Crippen molar-refractivity contribution in [1.82, 2.24) is 9.88 Å². The normalized spacial score (nSPS) is 15.5. The molecule has 0 aromatic carbocycles. The summed E-state index contributed by atoms with van der Waals surface area (Å²) < 4.78 is 1.75. The number of aromatic carboxylic acids is 1. The molecule has 0 unspecified atom stereocenters. The summed E-state index contributed by atoms with van der Waals surface area (Å²) in [4.78, 5) is 10.8. The van der Waals surface area contributed by atoms with Gasteiger partial charge in [-0.05, 0) is 24.6 Å². The maximum absolute atomic E-state index is 10.8. The van der Waals surface area contributed by atoms with Crippen LogP contribution >= 0.6 is 0 Å². The second-order valence-electron chi connectivity index (χ2n) is 3.29. The average Bonchev–Trinajstić information content (AvgIpc) is 2.45. The van der Waals surface area contributed by atoms with Crippen molar-refractivity contribution in [2.24, 2.45) is 7.05 Å². The van der Waals surface area contributed by atoms with Gasteiger partial charge in [-0.2, -0.15) is 0 Å². The molecule has 0 spiro atoms. The minimum atomic E-state index is -0.850. The standard InChI is InChI=1S/C9H12N2O2/c1-11-7(9(12)13)4-6-2-3-10-5-8(6)11/h4,10H,2-3,5H2,1H3,(H,12,13). The third kappa shape index (κ3) is 1.23. The molecule has 1 aliphatic heterocycles. The molecule has 1 aliphatic rings. The maximum Gasteiger partial charge on any atom is 0.352 e. The number of aromatic nitrogens is 1. The Morgan fingerprint density at radius 1 is 1.69 bits per heavy atom. The summed E-state index contributed by atoms with van der Waals surface area (Å²) in [7, 11) is 1.80. The third-order valence-corrected chi connectivity index (χ3v) is 2.53. The number of rotatable bonds is 1. The van der Waals surface area contributed by atoms with Gasteiger partial charge in [-0.3, -0.25) is 0 Å². The van der Waals surface area contributed by atoms with Gasteiger partial charge in [-0.1, -0.05) is 0 Å². The van der Waals surface area contributed by atoms with Gasteiger partial charge in [-0.15, -0.1) is 0 Å². The highest BCUT2D eigenvalue weighted by Gasteiger charge is 2.18. The van der Waals surface area contributed by atoms with Gasteiger partial charge in [0.2, 0.25) is 0 Å². The van der Waals surface area contributed by atoms with E-state index in [1.54, 1.807) is 17.7 Å². The Kier molecular flexibility index (Phi) is 1.84. The van der Waals surface area contributed by atoms with Gasteiger partial charge in [0.05, 0.1) is 0 Å². The Morgan fingerprint density at radius 3 is 3.08 bits per heavy atom. The van der Waals surface area contributed by atoms with E-state index in [1.165, 1.54) is 5.56 Å². The van der Waals surface area contributed by atoms with Gasteiger partial charge in [0.25, 0.3) is 0 Å². The highest BCUT2D eigenvalue weighted by Crippen LogP contribution is 2.18. The summed E-state index contributed by atoms with van der Waals surface area (Å²) in [5, 5.41) is 12.1. The molecular formula is C9H12N2O2. The second-order valence-corrected chi connectivity index (χ2v) is 3.29. The van der Waals surface area contributed by atoms with Crippen LogP contribution in [0.2, 0.25) is 0 Å². The Balaban J connectivity index is 2.50. The minimum absolute atomic E-state index is 0.383. The van der Waals surface area contributed by atoms with Crippen LogP contribution in [0.15, 0.2) is 6.07 Å². The van der Waals surface area contributed by atoms with Crippen LogP contribution < -0.4 is 5.32 Å². The molecular weight excluding hydrogens is 168 g/mol. The molecule has 2 N–H and O–H groups in total. The quantitative estimate of drug-likeness (QED) is 0.656. The Bertz CT molecular complexity index is 355. The lowest BCUT2D eigenvalue weighted by molar-refractivity contribution is 0.0686. The number of hydrogen-bond acceptors (Lipinski definition) is 2.